The SMILES string of the molecule is CCC(/C=C(\C(=N)C1C=CNC1)C1OC(C)C(=O)N1CCc1ccc2c(c1)NC(=O)C2)c1cc(C)cc(F)c1. The number of nitrogens with zero attached hydrogens (tertiary/aromatic N) is 1. The van der Waals surface area contributed by atoms with Crippen molar-refractivity contribution in [1.82, 2.24) is 10.2 Å². The zero-order valence-electron chi connectivity index (χ0n) is 22.6. The zero-order chi connectivity index (χ0) is 27.7. The lowest BCUT2D eigenvalue weighted by Gasteiger charge is -2.28. The fraction of sp³-hybridized carbons (Fsp3) is 0.387. The molecule has 39 heavy (non-hydrogen) atoms. The molecule has 0 aliphatic carbocycles. The number of nitrogens with one attached hydrogen (secondary N) is 3. The van der Waals surface area contributed by atoms with Gasteiger partial charge in [-0.05, 0) is 73.3 Å². The van der Waals surface area contributed by atoms with Crippen LogP contribution in [0.3, 0.4) is 0 Å². The smallest absolute Gasteiger partial charge is 0.253 e. The fourth-order valence-electron chi connectivity index (χ4n) is 5.62. The second-order valence-corrected chi connectivity index (χ2v) is 10.6. The van der Waals surface area contributed by atoms with Crippen LogP contribution in [0, 0.1) is 24.1 Å². The van der Waals surface area contributed by atoms with Crippen molar-refractivity contribution in [2.45, 2.75) is 58.3 Å². The number of ether oxygens (including phenoxy) is 1. The van der Waals surface area contributed by atoms with E-state index in [1.165, 1.54) is 6.07 Å². The number of rotatable bonds is 9. The largest absolute Gasteiger partial charge is 0.390 e. The van der Waals surface area contributed by atoms with Crippen molar-refractivity contribution in [2.75, 3.05) is 18.4 Å². The first-order valence-corrected chi connectivity index (χ1v) is 13.6. The van der Waals surface area contributed by atoms with Crippen LogP contribution in [0.25, 0.3) is 0 Å². The molecule has 3 N–H and O–H groups in total. The summed E-state index contributed by atoms with van der Waals surface area (Å²) in [5.74, 6) is -0.723. The topological polar surface area (TPSA) is 94.5 Å². The predicted octanol–water partition coefficient (Wildman–Crippen LogP) is 4.62. The molecule has 0 radical (unpaired) electrons. The molecule has 4 atom stereocenters. The molecule has 5 rings (SSSR count). The normalized spacial score (nSPS) is 23.1. The fourth-order valence-corrected chi connectivity index (χ4v) is 5.62. The summed E-state index contributed by atoms with van der Waals surface area (Å²) in [6.07, 6.45) is 6.10. The van der Waals surface area contributed by atoms with Gasteiger partial charge in [-0.25, -0.2) is 4.39 Å². The van der Waals surface area contributed by atoms with Crippen LogP contribution in [0.1, 0.15) is 48.4 Å². The van der Waals surface area contributed by atoms with Gasteiger partial charge in [-0.3, -0.25) is 9.59 Å². The maximum Gasteiger partial charge on any atom is 0.253 e. The van der Waals surface area contributed by atoms with Crippen molar-refractivity contribution in [2.24, 2.45) is 5.92 Å². The maximum atomic E-state index is 14.3. The van der Waals surface area contributed by atoms with Gasteiger partial charge in [0.15, 0.2) is 6.23 Å². The third kappa shape index (κ3) is 5.66. The van der Waals surface area contributed by atoms with Crippen LogP contribution in [-0.4, -0.2) is 47.8 Å². The van der Waals surface area contributed by atoms with Crippen LogP contribution in [0.5, 0.6) is 0 Å². The van der Waals surface area contributed by atoms with Crippen LogP contribution < -0.4 is 10.6 Å². The standard InChI is InChI=1S/C31H35FN4O3/c1-4-21(24-11-18(2)12-25(32)14-24)15-26(29(33)23-7-9-34-17-23)31-36(30(38)19(3)39-31)10-8-20-5-6-22-16-28(37)35-27(22)13-20/h5-7,9,11-15,19,21,23,31,33-34H,4,8,10,16-17H2,1-3H3,(H,35,37)/b26-15+,33-29?. The van der Waals surface area contributed by atoms with E-state index in [4.69, 9.17) is 10.1 Å². The zero-order valence-corrected chi connectivity index (χ0v) is 22.6. The van der Waals surface area contributed by atoms with Gasteiger partial charge in [0.1, 0.15) is 11.9 Å². The minimum absolute atomic E-state index is 0.0122. The Labute approximate surface area is 228 Å². The summed E-state index contributed by atoms with van der Waals surface area (Å²) in [5, 5.41) is 15.2. The molecule has 1 saturated heterocycles. The number of anilines is 1. The molecule has 0 bridgehead atoms. The molecule has 0 saturated carbocycles. The molecule has 0 aromatic heterocycles. The highest BCUT2D eigenvalue weighted by molar-refractivity contribution is 6.03. The summed E-state index contributed by atoms with van der Waals surface area (Å²) in [5.41, 5.74) is 5.51. The molecule has 4 unspecified atom stereocenters. The summed E-state index contributed by atoms with van der Waals surface area (Å²) in [6.45, 7) is 6.65. The molecule has 2 amide bonds. The molecule has 3 heterocycles. The van der Waals surface area contributed by atoms with Gasteiger partial charge in [-0.1, -0.05) is 37.3 Å². The molecule has 2 aromatic rings. The first-order chi connectivity index (χ1) is 18.7. The van der Waals surface area contributed by atoms with Gasteiger partial charge in [0, 0.05) is 41.9 Å². The number of benzene rings is 2. The lowest BCUT2D eigenvalue weighted by atomic mass is 9.88. The first kappa shape index (κ1) is 26.8. The molecule has 2 aromatic carbocycles. The Morgan fingerprint density at radius 1 is 1.26 bits per heavy atom. The number of aryl methyl sites for hydroxylation is 1. The van der Waals surface area contributed by atoms with Gasteiger partial charge in [0.05, 0.1) is 6.42 Å². The van der Waals surface area contributed by atoms with Gasteiger partial charge in [0.2, 0.25) is 5.91 Å². The molecule has 204 valence electrons. The van der Waals surface area contributed by atoms with Crippen molar-refractivity contribution in [1.29, 1.82) is 5.41 Å². The van der Waals surface area contributed by atoms with E-state index < -0.39 is 12.3 Å². The van der Waals surface area contributed by atoms with E-state index in [0.29, 0.717) is 43.6 Å². The number of fused-ring (bicyclic) bond motifs is 1. The second-order valence-electron chi connectivity index (χ2n) is 10.6. The number of allylic oxidation sites excluding steroid dienone is 1. The van der Waals surface area contributed by atoms with Crippen molar-refractivity contribution < 1.29 is 18.7 Å². The summed E-state index contributed by atoms with van der Waals surface area (Å²) < 4.78 is 20.5. The number of carbonyl (C=O) groups excluding carboxylic acids is 2. The highest BCUT2D eigenvalue weighted by Crippen LogP contribution is 2.32. The van der Waals surface area contributed by atoms with E-state index in [0.717, 1.165) is 27.9 Å². The van der Waals surface area contributed by atoms with Crippen LogP contribution in [0.4, 0.5) is 10.1 Å². The Bertz CT molecular complexity index is 1350. The number of amides is 2. The highest BCUT2D eigenvalue weighted by atomic mass is 19.1. The minimum atomic E-state index is -0.716. The number of carbonyl (C=O) groups is 2. The van der Waals surface area contributed by atoms with Gasteiger partial charge < -0.3 is 25.7 Å². The van der Waals surface area contributed by atoms with Crippen molar-refractivity contribution >= 4 is 23.2 Å². The van der Waals surface area contributed by atoms with Crippen LogP contribution in [-0.2, 0) is 27.2 Å². The third-order valence-corrected chi connectivity index (χ3v) is 7.73. The third-order valence-electron chi connectivity index (χ3n) is 7.73. The maximum absolute atomic E-state index is 14.3. The Balaban J connectivity index is 1.46. The number of hydrogen-bond acceptors (Lipinski definition) is 5. The van der Waals surface area contributed by atoms with Gasteiger partial charge in [-0.2, -0.15) is 0 Å². The van der Waals surface area contributed by atoms with E-state index in [2.05, 4.69) is 10.6 Å². The minimum Gasteiger partial charge on any atom is -0.390 e. The summed E-state index contributed by atoms with van der Waals surface area (Å²) in [6, 6.07) is 10.9. The molecular formula is C31H35FN4O3. The second kappa shape index (κ2) is 11.1. The summed E-state index contributed by atoms with van der Waals surface area (Å²) >= 11 is 0. The Morgan fingerprint density at radius 2 is 2.08 bits per heavy atom. The molecule has 7 nitrogen and oxygen atoms in total. The quantitative estimate of drug-likeness (QED) is 0.413. The average Bonchev–Trinajstić information content (AvgIpc) is 3.62. The van der Waals surface area contributed by atoms with E-state index in [1.807, 2.05) is 56.5 Å². The molecule has 3 aliphatic heterocycles. The molecule has 8 heteroatoms. The van der Waals surface area contributed by atoms with Crippen molar-refractivity contribution in [3.63, 3.8) is 0 Å². The molecule has 1 fully saturated rings. The van der Waals surface area contributed by atoms with Crippen LogP contribution >= 0.6 is 0 Å². The van der Waals surface area contributed by atoms with E-state index in [9.17, 15) is 14.0 Å². The molecule has 3 aliphatic rings. The average molecular weight is 531 g/mol. The van der Waals surface area contributed by atoms with E-state index in [-0.39, 0.29) is 29.5 Å². The molecular weight excluding hydrogens is 495 g/mol. The first-order valence-electron chi connectivity index (χ1n) is 13.6. The summed E-state index contributed by atoms with van der Waals surface area (Å²) in [4.78, 5) is 26.8. The Morgan fingerprint density at radius 3 is 2.79 bits per heavy atom. The molecule has 0 spiro atoms. The van der Waals surface area contributed by atoms with E-state index >= 15 is 0 Å². The van der Waals surface area contributed by atoms with Crippen LogP contribution in [0.2, 0.25) is 0 Å². The predicted molar refractivity (Wildman–Crippen MR) is 149 cm³/mol. The van der Waals surface area contributed by atoms with Crippen molar-refractivity contribution in [3.8, 4) is 0 Å². The van der Waals surface area contributed by atoms with E-state index in [1.54, 1.807) is 17.9 Å². The Hall–Kier alpha value is -3.78. The van der Waals surface area contributed by atoms with Gasteiger partial charge in [-0.15, -0.1) is 0 Å². The number of hydrogen-bond donors (Lipinski definition) is 3. The highest BCUT2D eigenvalue weighted by Gasteiger charge is 2.42. The Kier molecular flexibility index (Phi) is 7.66. The van der Waals surface area contributed by atoms with Gasteiger partial charge >= 0.3 is 0 Å². The van der Waals surface area contributed by atoms with Gasteiger partial charge in [0.25, 0.3) is 5.91 Å². The number of halogens is 1. The lowest BCUT2D eigenvalue weighted by molar-refractivity contribution is -0.129. The summed E-state index contributed by atoms with van der Waals surface area (Å²) in [7, 11) is 0. The van der Waals surface area contributed by atoms with Crippen molar-refractivity contribution in [3.05, 3.63) is 88.4 Å². The lowest BCUT2D eigenvalue weighted by Crippen LogP contribution is -2.40. The van der Waals surface area contributed by atoms with Crippen LogP contribution in [0.15, 0.2) is 60.3 Å². The monoisotopic (exact) mass is 530 g/mol.